The molecule has 2 amide bonds. The molecular weight excluding hydrogens is 516 g/mol. The van der Waals surface area contributed by atoms with Gasteiger partial charge in [-0.25, -0.2) is 4.98 Å². The first-order valence-electron chi connectivity index (χ1n) is 9.11. The minimum Gasteiger partial charge on any atom is -0.292 e. The Labute approximate surface area is 188 Å². The smallest absolute Gasteiger partial charge is 0.281 e. The Balaban J connectivity index is 1.64. The molecule has 7 nitrogen and oxygen atoms in total. The van der Waals surface area contributed by atoms with Crippen molar-refractivity contribution in [1.29, 1.82) is 0 Å². The summed E-state index contributed by atoms with van der Waals surface area (Å²) in [5.41, 5.74) is 2.27. The van der Waals surface area contributed by atoms with Gasteiger partial charge in [-0.1, -0.05) is 28.1 Å². The average molecular weight is 532 g/mol. The van der Waals surface area contributed by atoms with Crippen LogP contribution in [0.4, 0.5) is 0 Å². The third-order valence-electron chi connectivity index (χ3n) is 4.82. The number of halogens is 2. The highest BCUT2D eigenvalue weighted by atomic mass is 79.9. The van der Waals surface area contributed by atoms with Gasteiger partial charge in [-0.2, -0.15) is 10.1 Å². The number of carbonyl (C=O) groups is 2. The highest BCUT2D eigenvalue weighted by molar-refractivity contribution is 9.11. The highest BCUT2D eigenvalue weighted by Crippen LogP contribution is 2.25. The van der Waals surface area contributed by atoms with Crippen LogP contribution in [-0.2, 0) is 11.3 Å². The van der Waals surface area contributed by atoms with Crippen LogP contribution >= 0.6 is 31.9 Å². The fraction of sp³-hybridized carbons (Fsp3) is 0.190. The van der Waals surface area contributed by atoms with E-state index < -0.39 is 5.91 Å². The Kier molecular flexibility index (Phi) is 5.42. The largest absolute Gasteiger partial charge is 0.292 e. The van der Waals surface area contributed by atoms with Crippen molar-refractivity contribution in [2.45, 2.75) is 26.8 Å². The summed E-state index contributed by atoms with van der Waals surface area (Å²) in [6.45, 7) is 3.81. The summed E-state index contributed by atoms with van der Waals surface area (Å²) >= 11 is 6.86. The molecule has 0 radical (unpaired) electrons. The first-order valence-corrected chi connectivity index (χ1v) is 10.7. The zero-order chi connectivity index (χ0) is 21.6. The summed E-state index contributed by atoms with van der Waals surface area (Å²) in [7, 11) is 0. The number of aryl methyl sites for hydroxylation is 1. The molecule has 2 aromatic carbocycles. The van der Waals surface area contributed by atoms with E-state index in [-0.39, 0.29) is 17.9 Å². The zero-order valence-corrected chi connectivity index (χ0v) is 19.3. The Morgan fingerprint density at radius 2 is 1.80 bits per heavy atom. The predicted octanol–water partition coefficient (Wildman–Crippen LogP) is 4.03. The third-order valence-corrected chi connectivity index (χ3v) is 5.88. The minimum absolute atomic E-state index is 0.146. The highest BCUT2D eigenvalue weighted by Gasteiger charge is 2.28. The fourth-order valence-corrected chi connectivity index (χ4v) is 4.63. The molecule has 0 atom stereocenters. The molecule has 0 bridgehead atoms. The van der Waals surface area contributed by atoms with E-state index in [9.17, 15) is 14.4 Å². The van der Waals surface area contributed by atoms with Gasteiger partial charge in [0.25, 0.3) is 17.4 Å². The topological polar surface area (TPSA) is 84.6 Å². The van der Waals surface area contributed by atoms with Crippen LogP contribution in [0.25, 0.3) is 10.9 Å². The van der Waals surface area contributed by atoms with Gasteiger partial charge in [-0.15, -0.1) is 0 Å². The van der Waals surface area contributed by atoms with Crippen molar-refractivity contribution in [2.75, 3.05) is 0 Å². The quantitative estimate of drug-likeness (QED) is 0.478. The van der Waals surface area contributed by atoms with E-state index in [4.69, 9.17) is 0 Å². The molecule has 9 heteroatoms. The Bertz CT molecular complexity index is 1300. The minimum atomic E-state index is -0.459. The third kappa shape index (κ3) is 3.75. The molecule has 0 spiro atoms. The molecule has 0 saturated heterocycles. The SMILES string of the molecule is CC1=NN(C(=O)c2ccc(Cn3c(C)nc4c(Br)cc(Br)cc4c3=O)cc2)C(=O)C1. The molecule has 0 aliphatic carbocycles. The van der Waals surface area contributed by atoms with Gasteiger partial charge in [-0.05, 0) is 59.6 Å². The molecule has 152 valence electrons. The lowest BCUT2D eigenvalue weighted by Gasteiger charge is -2.13. The van der Waals surface area contributed by atoms with E-state index in [0.29, 0.717) is 34.5 Å². The van der Waals surface area contributed by atoms with Crippen LogP contribution in [0, 0.1) is 6.92 Å². The maximum absolute atomic E-state index is 13.0. The van der Waals surface area contributed by atoms with Crippen LogP contribution < -0.4 is 5.56 Å². The van der Waals surface area contributed by atoms with Crippen molar-refractivity contribution in [3.63, 3.8) is 0 Å². The monoisotopic (exact) mass is 530 g/mol. The van der Waals surface area contributed by atoms with Crippen LogP contribution in [-0.4, -0.2) is 32.1 Å². The van der Waals surface area contributed by atoms with Gasteiger partial charge in [-0.3, -0.25) is 19.0 Å². The van der Waals surface area contributed by atoms with Crippen molar-refractivity contribution >= 4 is 60.3 Å². The standard InChI is InChI=1S/C21H16Br2N4O3/c1-11-7-18(28)27(25-11)20(29)14-5-3-13(4-6-14)10-26-12(2)24-19-16(21(26)30)8-15(22)9-17(19)23/h3-6,8-9H,7,10H2,1-2H3. The zero-order valence-electron chi connectivity index (χ0n) is 16.1. The van der Waals surface area contributed by atoms with Gasteiger partial charge in [0.15, 0.2) is 0 Å². The lowest BCUT2D eigenvalue weighted by Crippen LogP contribution is -2.28. The second kappa shape index (κ2) is 7.88. The van der Waals surface area contributed by atoms with E-state index in [0.717, 1.165) is 19.5 Å². The van der Waals surface area contributed by atoms with E-state index in [1.54, 1.807) is 48.7 Å². The summed E-state index contributed by atoms with van der Waals surface area (Å²) < 4.78 is 3.13. The lowest BCUT2D eigenvalue weighted by atomic mass is 10.1. The van der Waals surface area contributed by atoms with Gasteiger partial charge < -0.3 is 0 Å². The summed E-state index contributed by atoms with van der Waals surface area (Å²) in [5.74, 6) is -0.203. The lowest BCUT2D eigenvalue weighted by molar-refractivity contribution is -0.126. The summed E-state index contributed by atoms with van der Waals surface area (Å²) in [5, 5.41) is 5.41. The van der Waals surface area contributed by atoms with Crippen molar-refractivity contribution in [3.05, 3.63) is 72.6 Å². The molecule has 2 heterocycles. The molecule has 1 aromatic heterocycles. The number of fused-ring (bicyclic) bond motifs is 1. The average Bonchev–Trinajstić information content (AvgIpc) is 3.04. The molecule has 1 aliphatic rings. The van der Waals surface area contributed by atoms with E-state index in [1.165, 1.54) is 0 Å². The van der Waals surface area contributed by atoms with Gasteiger partial charge >= 0.3 is 0 Å². The Hall–Kier alpha value is -2.65. The van der Waals surface area contributed by atoms with Crippen molar-refractivity contribution in [1.82, 2.24) is 14.6 Å². The van der Waals surface area contributed by atoms with E-state index in [2.05, 4.69) is 41.9 Å². The number of hydrogen-bond acceptors (Lipinski definition) is 5. The second-order valence-corrected chi connectivity index (χ2v) is 8.82. The summed E-state index contributed by atoms with van der Waals surface area (Å²) in [6, 6.07) is 10.4. The van der Waals surface area contributed by atoms with Crippen LogP contribution in [0.1, 0.15) is 35.1 Å². The summed E-state index contributed by atoms with van der Waals surface area (Å²) in [4.78, 5) is 42.0. The van der Waals surface area contributed by atoms with Gasteiger partial charge in [0.1, 0.15) is 5.82 Å². The molecule has 0 unspecified atom stereocenters. The number of benzene rings is 2. The Morgan fingerprint density at radius 3 is 2.43 bits per heavy atom. The number of rotatable bonds is 3. The number of hydrazone groups is 1. The molecule has 30 heavy (non-hydrogen) atoms. The molecule has 0 N–H and O–H groups in total. The van der Waals surface area contributed by atoms with Gasteiger partial charge in [0.2, 0.25) is 0 Å². The predicted molar refractivity (Wildman–Crippen MR) is 121 cm³/mol. The van der Waals surface area contributed by atoms with Crippen LogP contribution in [0.3, 0.4) is 0 Å². The number of nitrogens with zero attached hydrogens (tertiary/aromatic N) is 4. The van der Waals surface area contributed by atoms with Crippen LogP contribution in [0.15, 0.2) is 55.2 Å². The normalized spacial score (nSPS) is 13.8. The van der Waals surface area contributed by atoms with Crippen molar-refractivity contribution in [3.8, 4) is 0 Å². The van der Waals surface area contributed by atoms with E-state index in [1.807, 2.05) is 6.07 Å². The molecule has 0 fully saturated rings. The maximum Gasteiger partial charge on any atom is 0.281 e. The number of carbonyl (C=O) groups excluding carboxylic acids is 2. The van der Waals surface area contributed by atoms with Crippen LogP contribution in [0.2, 0.25) is 0 Å². The molecule has 0 saturated carbocycles. The van der Waals surface area contributed by atoms with Gasteiger partial charge in [0.05, 0.1) is 23.9 Å². The molecule has 4 rings (SSSR count). The number of imide groups is 1. The molecular formula is C21H16Br2N4O3. The molecule has 3 aromatic rings. The van der Waals surface area contributed by atoms with E-state index >= 15 is 0 Å². The fourth-order valence-electron chi connectivity index (χ4n) is 3.32. The second-order valence-electron chi connectivity index (χ2n) is 7.05. The first-order chi connectivity index (χ1) is 14.2. The number of amides is 2. The van der Waals surface area contributed by atoms with Crippen molar-refractivity contribution < 1.29 is 9.59 Å². The summed E-state index contributed by atoms with van der Waals surface area (Å²) in [6.07, 6.45) is 0.160. The van der Waals surface area contributed by atoms with Gasteiger partial charge in [0, 0.05) is 20.2 Å². The molecule has 1 aliphatic heterocycles. The Morgan fingerprint density at radius 1 is 1.10 bits per heavy atom. The van der Waals surface area contributed by atoms with Crippen molar-refractivity contribution in [2.24, 2.45) is 5.10 Å². The first kappa shape index (κ1) is 20.6. The maximum atomic E-state index is 13.0. The van der Waals surface area contributed by atoms with Crippen LogP contribution in [0.5, 0.6) is 0 Å². The number of hydrogen-bond donors (Lipinski definition) is 0. The number of aromatic nitrogens is 2.